The van der Waals surface area contributed by atoms with E-state index in [1.165, 1.54) is 29.2 Å². The van der Waals surface area contributed by atoms with Gasteiger partial charge >= 0.3 is 18.4 Å². The van der Waals surface area contributed by atoms with Crippen LogP contribution in [-0.2, 0) is 22.6 Å². The number of piperidine rings is 1. The maximum Gasteiger partial charge on any atom is 0.573 e. The minimum atomic E-state index is -4.81. The van der Waals surface area contributed by atoms with Gasteiger partial charge in [-0.25, -0.2) is 4.79 Å². The zero-order valence-electron chi connectivity index (χ0n) is 23.1. The minimum Gasteiger partial charge on any atom is -0.481 e. The Morgan fingerprint density at radius 1 is 0.976 bits per heavy atom. The summed E-state index contributed by atoms with van der Waals surface area (Å²) < 4.78 is 41.8. The summed E-state index contributed by atoms with van der Waals surface area (Å²) in [6.07, 6.45) is 1.52. The van der Waals surface area contributed by atoms with E-state index in [1.54, 1.807) is 17.0 Å². The summed E-state index contributed by atoms with van der Waals surface area (Å²) in [5, 5.41) is 9.17. The molecule has 1 spiro atoms. The molecular weight excluding hydrogens is 553 g/mol. The smallest absolute Gasteiger partial charge is 0.481 e. The Balaban J connectivity index is 1.34. The Bertz CT molecular complexity index is 1340. The van der Waals surface area contributed by atoms with Crippen LogP contribution in [0.25, 0.3) is 0 Å². The number of carboxylic acid groups (broad SMARTS) is 1. The van der Waals surface area contributed by atoms with Crippen LogP contribution >= 0.6 is 0 Å². The number of nitrogens with zero attached hydrogens (tertiary/aromatic N) is 4. The highest BCUT2D eigenvalue weighted by atomic mass is 19.4. The fraction of sp³-hybridized carbons (Fsp3) is 0.433. The number of urea groups is 1. The molecule has 0 unspecified atom stereocenters. The lowest BCUT2D eigenvalue weighted by molar-refractivity contribution is -0.274. The number of rotatable bonds is 10. The Kier molecular flexibility index (Phi) is 8.33. The predicted octanol–water partition coefficient (Wildman–Crippen LogP) is 4.63. The van der Waals surface area contributed by atoms with Crippen molar-refractivity contribution in [2.24, 2.45) is 0 Å². The Morgan fingerprint density at radius 2 is 1.71 bits per heavy atom. The summed E-state index contributed by atoms with van der Waals surface area (Å²) in [5.41, 5.74) is 1.02. The molecule has 0 saturated carbocycles. The van der Waals surface area contributed by atoms with Crippen LogP contribution in [0.15, 0.2) is 60.8 Å². The van der Waals surface area contributed by atoms with E-state index in [2.05, 4.69) is 20.6 Å². The number of hydrogen-bond acceptors (Lipinski definition) is 6. The van der Waals surface area contributed by atoms with Crippen molar-refractivity contribution in [2.45, 2.75) is 50.6 Å². The first-order valence-corrected chi connectivity index (χ1v) is 14.0. The number of anilines is 1. The molecule has 12 heteroatoms. The average molecular weight is 587 g/mol. The fourth-order valence-corrected chi connectivity index (χ4v) is 5.99. The molecular formula is C30H33F3N4O5. The maximum atomic E-state index is 14.0. The molecule has 2 aromatic carbocycles. The number of hydrogen-bond donors (Lipinski definition) is 1. The van der Waals surface area contributed by atoms with E-state index >= 15 is 0 Å². The van der Waals surface area contributed by atoms with Gasteiger partial charge in [-0.2, -0.15) is 0 Å². The molecule has 0 radical (unpaired) electrons. The van der Waals surface area contributed by atoms with E-state index in [1.807, 2.05) is 18.3 Å². The Hall–Kier alpha value is -4.22. The predicted molar refractivity (Wildman–Crippen MR) is 148 cm³/mol. The van der Waals surface area contributed by atoms with E-state index in [0.29, 0.717) is 43.5 Å². The van der Waals surface area contributed by atoms with Crippen molar-refractivity contribution >= 4 is 23.6 Å². The van der Waals surface area contributed by atoms with Crippen LogP contribution < -0.4 is 9.64 Å². The number of imide groups is 1. The van der Waals surface area contributed by atoms with Crippen molar-refractivity contribution in [3.05, 3.63) is 71.9 Å². The van der Waals surface area contributed by atoms with Crippen LogP contribution in [0.1, 0.15) is 36.8 Å². The van der Waals surface area contributed by atoms with Crippen molar-refractivity contribution in [1.82, 2.24) is 14.7 Å². The molecule has 3 amide bonds. The van der Waals surface area contributed by atoms with Gasteiger partial charge in [0.25, 0.3) is 5.91 Å². The molecule has 3 heterocycles. The second-order valence-electron chi connectivity index (χ2n) is 10.8. The van der Waals surface area contributed by atoms with Crippen molar-refractivity contribution in [2.75, 3.05) is 37.6 Å². The van der Waals surface area contributed by atoms with Crippen molar-refractivity contribution in [3.8, 4) is 5.75 Å². The fourth-order valence-electron chi connectivity index (χ4n) is 5.99. The number of benzene rings is 2. The van der Waals surface area contributed by atoms with Gasteiger partial charge in [-0.3, -0.25) is 14.5 Å². The van der Waals surface area contributed by atoms with Crippen molar-refractivity contribution in [1.29, 1.82) is 0 Å². The molecule has 0 aliphatic carbocycles. The monoisotopic (exact) mass is 586 g/mol. The van der Waals surface area contributed by atoms with Crippen LogP contribution in [-0.4, -0.2) is 82.3 Å². The number of carboxylic acids is 1. The van der Waals surface area contributed by atoms with Gasteiger partial charge in [0, 0.05) is 45.0 Å². The lowest BCUT2D eigenvalue weighted by Crippen LogP contribution is -2.56. The Labute approximate surface area is 241 Å². The highest BCUT2D eigenvalue weighted by Crippen LogP contribution is 2.40. The molecule has 2 fully saturated rings. The molecule has 224 valence electrons. The average Bonchev–Trinajstić information content (AvgIpc) is 3.52. The second kappa shape index (κ2) is 11.9. The molecule has 1 N–H and O–H groups in total. The maximum absolute atomic E-state index is 14.0. The normalized spacial score (nSPS) is 18.5. The summed E-state index contributed by atoms with van der Waals surface area (Å²) in [4.78, 5) is 46.0. The Morgan fingerprint density at radius 3 is 2.36 bits per heavy atom. The van der Waals surface area contributed by atoms with Crippen molar-refractivity contribution in [3.63, 3.8) is 0 Å². The van der Waals surface area contributed by atoms with E-state index in [9.17, 15) is 27.6 Å². The molecule has 5 rings (SSSR count). The number of aliphatic carboxylic acids is 1. The number of carbonyl (C=O) groups is 3. The molecule has 2 aromatic rings. The van der Waals surface area contributed by atoms with Gasteiger partial charge in [0.15, 0.2) is 0 Å². The molecule has 0 bridgehead atoms. The topological polar surface area (TPSA) is 93.6 Å². The third kappa shape index (κ3) is 6.47. The van der Waals surface area contributed by atoms with Gasteiger partial charge in [0.2, 0.25) is 0 Å². The third-order valence-corrected chi connectivity index (χ3v) is 8.07. The standard InChI is InChI=1S/C30H33F3N4O5/c31-30(32,33)42-25-9-7-22(8-10-25)21-37-28(41)36(16-4-15-34-13-1-2-14-34)27(40)29(37)11-17-35(18-12-29)24-6-3-5-23(19-24)20-26(38)39/h1,3,5-10,13,19H,2,4,11-12,14-18,20-21H2,(H,38,39). The van der Waals surface area contributed by atoms with Gasteiger partial charge < -0.3 is 24.5 Å². The summed E-state index contributed by atoms with van der Waals surface area (Å²) in [5.74, 6) is -1.53. The van der Waals surface area contributed by atoms with Crippen LogP contribution in [0.5, 0.6) is 5.75 Å². The number of halogens is 3. The first-order valence-electron chi connectivity index (χ1n) is 14.0. The molecule has 9 nitrogen and oxygen atoms in total. The molecule has 0 aromatic heterocycles. The van der Waals surface area contributed by atoms with Gasteiger partial charge in [0.05, 0.1) is 6.42 Å². The number of amides is 3. The van der Waals surface area contributed by atoms with Gasteiger partial charge in [-0.1, -0.05) is 30.3 Å². The SMILES string of the molecule is O=C(O)Cc1cccc(N2CCC3(CC2)C(=O)N(CCCN2C=CCC2)C(=O)N3Cc2ccc(OC(F)(F)F)cc2)c1. The second-order valence-corrected chi connectivity index (χ2v) is 10.8. The van der Waals surface area contributed by atoms with Gasteiger partial charge in [-0.15, -0.1) is 13.2 Å². The van der Waals surface area contributed by atoms with Crippen LogP contribution in [0.3, 0.4) is 0 Å². The molecule has 3 aliphatic heterocycles. The van der Waals surface area contributed by atoms with Crippen LogP contribution in [0, 0.1) is 0 Å². The highest BCUT2D eigenvalue weighted by Gasteiger charge is 2.57. The zero-order chi connectivity index (χ0) is 29.9. The largest absolute Gasteiger partial charge is 0.573 e. The molecule has 3 aliphatic rings. The van der Waals surface area contributed by atoms with Crippen LogP contribution in [0.4, 0.5) is 23.7 Å². The lowest BCUT2D eigenvalue weighted by Gasteiger charge is -2.43. The third-order valence-electron chi connectivity index (χ3n) is 8.07. The van der Waals surface area contributed by atoms with E-state index in [4.69, 9.17) is 5.11 Å². The van der Waals surface area contributed by atoms with E-state index in [0.717, 1.165) is 25.2 Å². The summed E-state index contributed by atoms with van der Waals surface area (Å²) in [6, 6.07) is 12.2. The van der Waals surface area contributed by atoms with Gasteiger partial charge in [-0.05, 0) is 67.3 Å². The molecule has 0 atom stereocenters. The quantitative estimate of drug-likeness (QED) is 0.406. The highest BCUT2D eigenvalue weighted by molar-refractivity contribution is 6.07. The first kappa shape index (κ1) is 29.3. The number of carbonyl (C=O) groups excluding carboxylic acids is 2. The van der Waals surface area contributed by atoms with E-state index in [-0.39, 0.29) is 31.2 Å². The summed E-state index contributed by atoms with van der Waals surface area (Å²) >= 11 is 0. The minimum absolute atomic E-state index is 0.0658. The number of alkyl halides is 3. The number of ether oxygens (including phenoxy) is 1. The van der Waals surface area contributed by atoms with Gasteiger partial charge in [0.1, 0.15) is 11.3 Å². The lowest BCUT2D eigenvalue weighted by atomic mass is 9.85. The molecule has 2 saturated heterocycles. The summed E-state index contributed by atoms with van der Waals surface area (Å²) in [6.45, 7) is 2.92. The zero-order valence-corrected chi connectivity index (χ0v) is 23.1. The van der Waals surface area contributed by atoms with Crippen molar-refractivity contribution < 1.29 is 37.4 Å². The molecule has 42 heavy (non-hydrogen) atoms. The van der Waals surface area contributed by atoms with E-state index < -0.39 is 23.9 Å². The first-order chi connectivity index (χ1) is 20.0. The van der Waals surface area contributed by atoms with Crippen LogP contribution in [0.2, 0.25) is 0 Å². The summed E-state index contributed by atoms with van der Waals surface area (Å²) in [7, 11) is 0.